The first kappa shape index (κ1) is 12.0. The summed E-state index contributed by atoms with van der Waals surface area (Å²) in [6.07, 6.45) is 1.02. The van der Waals surface area contributed by atoms with Crippen LogP contribution in [-0.4, -0.2) is 26.3 Å². The predicted molar refractivity (Wildman–Crippen MR) is 60.0 cm³/mol. The van der Waals surface area contributed by atoms with Gasteiger partial charge in [0.05, 0.1) is 17.8 Å². The van der Waals surface area contributed by atoms with Crippen LogP contribution in [0.25, 0.3) is 0 Å². The number of ketones is 1. The molecule has 6 heteroatoms. The average Bonchev–Trinajstić information content (AvgIpc) is 2.15. The molecule has 15 heavy (non-hydrogen) atoms. The number of hydrogen-bond donors (Lipinski definition) is 1. The second kappa shape index (κ2) is 4.63. The van der Waals surface area contributed by atoms with Crippen molar-refractivity contribution in [2.45, 2.75) is 0 Å². The molecule has 1 rings (SSSR count). The number of carbonyl (C=O) groups is 1. The van der Waals surface area contributed by atoms with Crippen LogP contribution in [0, 0.1) is 0 Å². The number of nitrogens with one attached hydrogen (secondary N) is 1. The molecule has 4 nitrogen and oxygen atoms in total. The normalized spacial score (nSPS) is 11.1. The molecule has 0 aliphatic heterocycles. The molecule has 0 aromatic heterocycles. The van der Waals surface area contributed by atoms with E-state index in [1.165, 1.54) is 12.1 Å². The third-order valence-electron chi connectivity index (χ3n) is 1.64. The van der Waals surface area contributed by atoms with Crippen LogP contribution in [0.5, 0.6) is 0 Å². The number of Topliss-reactive ketones (excluding diaryl/α,β-unsaturated/α-hetero) is 1. The van der Waals surface area contributed by atoms with Crippen LogP contribution in [0.3, 0.4) is 0 Å². The molecule has 0 spiro atoms. The summed E-state index contributed by atoms with van der Waals surface area (Å²) in [5, 5.41) is 0. The molecular weight excluding hydrogens is 238 g/mol. The van der Waals surface area contributed by atoms with Gasteiger partial charge in [-0.1, -0.05) is 12.1 Å². The first-order chi connectivity index (χ1) is 6.94. The molecule has 82 valence electrons. The zero-order valence-electron chi connectivity index (χ0n) is 8.03. The van der Waals surface area contributed by atoms with Gasteiger partial charge in [-0.3, -0.25) is 9.52 Å². The quantitative estimate of drug-likeness (QED) is 0.648. The molecule has 0 saturated carbocycles. The highest BCUT2D eigenvalue weighted by molar-refractivity contribution is 7.92. The summed E-state index contributed by atoms with van der Waals surface area (Å²) in [6, 6.07) is 6.32. The lowest BCUT2D eigenvalue weighted by Crippen LogP contribution is -2.13. The lowest BCUT2D eigenvalue weighted by molar-refractivity contribution is 0.102. The molecule has 0 unspecified atom stereocenters. The van der Waals surface area contributed by atoms with Gasteiger partial charge in [0.2, 0.25) is 10.0 Å². The Morgan fingerprint density at radius 1 is 1.40 bits per heavy atom. The fourth-order valence-corrected chi connectivity index (χ4v) is 1.81. The minimum Gasteiger partial charge on any atom is -0.293 e. The molecule has 0 bridgehead atoms. The van der Waals surface area contributed by atoms with Gasteiger partial charge in [0.1, 0.15) is 0 Å². The van der Waals surface area contributed by atoms with Crippen LogP contribution >= 0.6 is 11.6 Å². The van der Waals surface area contributed by atoms with E-state index in [0.717, 1.165) is 6.26 Å². The van der Waals surface area contributed by atoms with Crippen LogP contribution < -0.4 is 4.72 Å². The van der Waals surface area contributed by atoms with Crippen LogP contribution in [0.1, 0.15) is 10.4 Å². The zero-order chi connectivity index (χ0) is 11.5. The third-order valence-corrected chi connectivity index (χ3v) is 2.48. The summed E-state index contributed by atoms with van der Waals surface area (Å²) in [5.74, 6) is -0.494. The Labute approximate surface area is 93.3 Å². The Kier molecular flexibility index (Phi) is 3.71. The Morgan fingerprint density at radius 2 is 2.00 bits per heavy atom. The summed E-state index contributed by atoms with van der Waals surface area (Å²) in [6.45, 7) is 0. The van der Waals surface area contributed by atoms with Gasteiger partial charge in [-0.2, -0.15) is 0 Å². The van der Waals surface area contributed by atoms with Crippen LogP contribution in [-0.2, 0) is 10.0 Å². The number of carbonyl (C=O) groups excluding carboxylic acids is 1. The highest BCUT2D eigenvalue weighted by Crippen LogP contribution is 2.17. The number of halogens is 1. The van der Waals surface area contributed by atoms with Crippen molar-refractivity contribution in [3.8, 4) is 0 Å². The van der Waals surface area contributed by atoms with Gasteiger partial charge in [0.25, 0.3) is 0 Å². The Morgan fingerprint density at radius 3 is 2.53 bits per heavy atom. The molecule has 1 aromatic carbocycles. The lowest BCUT2D eigenvalue weighted by Gasteiger charge is -2.08. The molecule has 1 aromatic rings. The minimum atomic E-state index is -3.39. The molecule has 0 radical (unpaired) electrons. The smallest absolute Gasteiger partial charge is 0.229 e. The van der Waals surface area contributed by atoms with E-state index < -0.39 is 10.0 Å². The molecule has 0 aliphatic carbocycles. The Bertz CT molecular complexity index is 470. The molecule has 0 saturated heterocycles. The van der Waals surface area contributed by atoms with Crippen LogP contribution in [0.2, 0.25) is 0 Å². The summed E-state index contributed by atoms with van der Waals surface area (Å²) in [5.41, 5.74) is 0.531. The SMILES string of the molecule is CS(=O)(=O)Nc1ccccc1C(=O)CCl. The van der Waals surface area contributed by atoms with Crippen molar-refractivity contribution in [2.24, 2.45) is 0 Å². The maximum Gasteiger partial charge on any atom is 0.229 e. The Hall–Kier alpha value is -1.07. The van der Waals surface area contributed by atoms with Crippen molar-refractivity contribution >= 4 is 33.1 Å². The topological polar surface area (TPSA) is 63.2 Å². The number of sulfonamides is 1. The average molecular weight is 248 g/mol. The highest BCUT2D eigenvalue weighted by Gasteiger charge is 2.12. The van der Waals surface area contributed by atoms with Crippen molar-refractivity contribution in [1.82, 2.24) is 0 Å². The van der Waals surface area contributed by atoms with Crippen molar-refractivity contribution in [2.75, 3.05) is 16.9 Å². The summed E-state index contributed by atoms with van der Waals surface area (Å²) >= 11 is 5.40. The maximum atomic E-state index is 11.4. The van der Waals surface area contributed by atoms with Gasteiger partial charge in [0, 0.05) is 5.56 Å². The Balaban J connectivity index is 3.13. The van der Waals surface area contributed by atoms with Gasteiger partial charge in [0.15, 0.2) is 5.78 Å². The first-order valence-electron chi connectivity index (χ1n) is 4.10. The molecule has 1 N–H and O–H groups in total. The third kappa shape index (κ3) is 3.53. The summed E-state index contributed by atoms with van der Waals surface area (Å²) in [4.78, 5) is 11.4. The van der Waals surface area contributed by atoms with Crippen LogP contribution in [0.15, 0.2) is 24.3 Å². The van der Waals surface area contributed by atoms with E-state index in [4.69, 9.17) is 11.6 Å². The highest BCUT2D eigenvalue weighted by atomic mass is 35.5. The van der Waals surface area contributed by atoms with Crippen molar-refractivity contribution < 1.29 is 13.2 Å². The van der Waals surface area contributed by atoms with E-state index in [-0.39, 0.29) is 22.9 Å². The fraction of sp³-hybridized carbons (Fsp3) is 0.222. The molecule has 0 fully saturated rings. The fourth-order valence-electron chi connectivity index (χ4n) is 1.09. The summed E-state index contributed by atoms with van der Waals surface area (Å²) in [7, 11) is -3.39. The first-order valence-corrected chi connectivity index (χ1v) is 6.52. The molecule has 0 amide bonds. The van der Waals surface area contributed by atoms with Gasteiger partial charge < -0.3 is 0 Å². The standard InChI is InChI=1S/C9H10ClNO3S/c1-15(13,14)11-8-5-3-2-4-7(8)9(12)6-10/h2-5,11H,6H2,1H3. The van der Waals surface area contributed by atoms with E-state index in [9.17, 15) is 13.2 Å². The van der Waals surface area contributed by atoms with Crippen molar-refractivity contribution in [3.63, 3.8) is 0 Å². The predicted octanol–water partition coefficient (Wildman–Crippen LogP) is 1.48. The molecule has 0 aliphatic rings. The van der Waals surface area contributed by atoms with Gasteiger partial charge in [-0.25, -0.2) is 8.42 Å². The molecule has 0 heterocycles. The zero-order valence-corrected chi connectivity index (χ0v) is 9.60. The van der Waals surface area contributed by atoms with Crippen molar-refractivity contribution in [1.29, 1.82) is 0 Å². The number of hydrogen-bond acceptors (Lipinski definition) is 3. The van der Waals surface area contributed by atoms with Crippen molar-refractivity contribution in [3.05, 3.63) is 29.8 Å². The lowest BCUT2D eigenvalue weighted by atomic mass is 10.1. The molecule has 0 atom stereocenters. The number of alkyl halides is 1. The van der Waals surface area contributed by atoms with Gasteiger partial charge >= 0.3 is 0 Å². The van der Waals surface area contributed by atoms with E-state index >= 15 is 0 Å². The minimum absolute atomic E-state index is 0.178. The number of benzene rings is 1. The number of anilines is 1. The van der Waals surface area contributed by atoms with E-state index in [1.807, 2.05) is 0 Å². The van der Waals surface area contributed by atoms with Gasteiger partial charge in [-0.05, 0) is 12.1 Å². The largest absolute Gasteiger partial charge is 0.293 e. The number of rotatable bonds is 4. The van der Waals surface area contributed by atoms with Crippen LogP contribution in [0.4, 0.5) is 5.69 Å². The maximum absolute atomic E-state index is 11.4. The second-order valence-electron chi connectivity index (χ2n) is 2.98. The van der Waals surface area contributed by atoms with Gasteiger partial charge in [-0.15, -0.1) is 11.6 Å². The number of para-hydroxylation sites is 1. The van der Waals surface area contributed by atoms with E-state index in [0.29, 0.717) is 0 Å². The monoisotopic (exact) mass is 247 g/mol. The second-order valence-corrected chi connectivity index (χ2v) is 4.99. The van der Waals surface area contributed by atoms with E-state index in [1.54, 1.807) is 12.1 Å². The van der Waals surface area contributed by atoms with E-state index in [2.05, 4.69) is 4.72 Å². The molecular formula is C9H10ClNO3S. The summed E-state index contributed by atoms with van der Waals surface area (Å²) < 4.78 is 24.3.